The molecule has 0 unspecified atom stereocenters. The van der Waals surface area contributed by atoms with E-state index >= 15 is 0 Å². The van der Waals surface area contributed by atoms with Crippen molar-refractivity contribution in [3.05, 3.63) is 29.0 Å². The topological polar surface area (TPSA) is 38.9 Å². The highest BCUT2D eigenvalue weighted by atomic mass is 35.5. The number of hydrogen-bond donors (Lipinski definition) is 1. The highest BCUT2D eigenvalue weighted by molar-refractivity contribution is 6.30. The van der Waals surface area contributed by atoms with E-state index in [2.05, 4.69) is 4.98 Å². The molecule has 0 saturated heterocycles. The average Bonchev–Trinajstić information content (AvgIpc) is 2.00. The number of pyridine rings is 1. The fourth-order valence-corrected chi connectivity index (χ4v) is 1.70. The van der Waals surface area contributed by atoms with Gasteiger partial charge >= 0.3 is 0 Å². The van der Waals surface area contributed by atoms with E-state index in [1.807, 2.05) is 12.3 Å². The number of nitrogens with zero attached hydrogens (tertiary/aromatic N) is 1. The van der Waals surface area contributed by atoms with Gasteiger partial charge in [0.25, 0.3) is 0 Å². The molecule has 0 spiro atoms. The summed E-state index contributed by atoms with van der Waals surface area (Å²) in [7, 11) is 0. The minimum absolute atomic E-state index is 0.141. The molecule has 2 nitrogen and oxygen atoms in total. The number of aromatic nitrogens is 1. The maximum absolute atomic E-state index is 6.09. The zero-order valence-electron chi connectivity index (χ0n) is 6.76. The van der Waals surface area contributed by atoms with Gasteiger partial charge in [0.2, 0.25) is 0 Å². The highest BCUT2D eigenvalue weighted by Gasteiger charge is 2.34. The first-order valence-electron chi connectivity index (χ1n) is 4.11. The molecule has 0 amide bonds. The van der Waals surface area contributed by atoms with Gasteiger partial charge in [-0.05, 0) is 30.9 Å². The van der Waals surface area contributed by atoms with Crippen molar-refractivity contribution >= 4 is 11.6 Å². The zero-order valence-corrected chi connectivity index (χ0v) is 7.51. The molecule has 1 aliphatic carbocycles. The Morgan fingerprint density at radius 2 is 2.17 bits per heavy atom. The van der Waals surface area contributed by atoms with Crippen LogP contribution >= 0.6 is 11.6 Å². The summed E-state index contributed by atoms with van der Waals surface area (Å²) >= 11 is 5.81. The molecular weight excluding hydrogens is 172 g/mol. The zero-order chi connectivity index (χ0) is 8.60. The Morgan fingerprint density at radius 3 is 2.67 bits per heavy atom. The first-order valence-corrected chi connectivity index (χ1v) is 4.48. The molecule has 64 valence electrons. The largest absolute Gasteiger partial charge is 0.321 e. The van der Waals surface area contributed by atoms with Crippen molar-refractivity contribution in [2.24, 2.45) is 5.73 Å². The SMILES string of the molecule is NC1(c2cncc(Cl)c2)CCC1. The van der Waals surface area contributed by atoms with Crippen molar-refractivity contribution in [2.45, 2.75) is 24.8 Å². The summed E-state index contributed by atoms with van der Waals surface area (Å²) in [6.45, 7) is 0. The minimum Gasteiger partial charge on any atom is -0.321 e. The van der Waals surface area contributed by atoms with Crippen LogP contribution in [0.25, 0.3) is 0 Å². The second-order valence-corrected chi connectivity index (χ2v) is 3.84. The number of hydrogen-bond acceptors (Lipinski definition) is 2. The molecule has 0 aromatic carbocycles. The van der Waals surface area contributed by atoms with Gasteiger partial charge < -0.3 is 5.73 Å². The smallest absolute Gasteiger partial charge is 0.0592 e. The molecule has 2 N–H and O–H groups in total. The first-order chi connectivity index (χ1) is 5.71. The predicted octanol–water partition coefficient (Wildman–Crippen LogP) is 2.07. The fourth-order valence-electron chi connectivity index (χ4n) is 1.53. The Labute approximate surface area is 76.7 Å². The van der Waals surface area contributed by atoms with Crippen LogP contribution in [0.15, 0.2) is 18.5 Å². The highest BCUT2D eigenvalue weighted by Crippen LogP contribution is 2.38. The van der Waals surface area contributed by atoms with E-state index in [1.54, 1.807) is 6.20 Å². The molecule has 0 radical (unpaired) electrons. The molecule has 1 saturated carbocycles. The quantitative estimate of drug-likeness (QED) is 0.722. The lowest BCUT2D eigenvalue weighted by Gasteiger charge is -2.38. The van der Waals surface area contributed by atoms with Crippen LogP contribution < -0.4 is 5.73 Å². The second kappa shape index (κ2) is 2.71. The van der Waals surface area contributed by atoms with Gasteiger partial charge in [-0.3, -0.25) is 4.98 Å². The minimum atomic E-state index is -0.141. The van der Waals surface area contributed by atoms with E-state index in [9.17, 15) is 0 Å². The molecule has 12 heavy (non-hydrogen) atoms. The van der Waals surface area contributed by atoms with Gasteiger partial charge in [-0.15, -0.1) is 0 Å². The Balaban J connectivity index is 2.33. The van der Waals surface area contributed by atoms with Crippen LogP contribution in [-0.2, 0) is 5.54 Å². The monoisotopic (exact) mass is 182 g/mol. The van der Waals surface area contributed by atoms with Crippen LogP contribution in [0.3, 0.4) is 0 Å². The molecule has 1 aromatic heterocycles. The van der Waals surface area contributed by atoms with Gasteiger partial charge in [-0.2, -0.15) is 0 Å². The van der Waals surface area contributed by atoms with Crippen molar-refractivity contribution < 1.29 is 0 Å². The normalized spacial score (nSPS) is 20.2. The van der Waals surface area contributed by atoms with Crippen LogP contribution in [0, 0.1) is 0 Å². The summed E-state index contributed by atoms with van der Waals surface area (Å²) in [6.07, 6.45) is 6.76. The number of halogens is 1. The van der Waals surface area contributed by atoms with E-state index in [-0.39, 0.29) is 5.54 Å². The summed E-state index contributed by atoms with van der Waals surface area (Å²) in [5.41, 5.74) is 7.02. The van der Waals surface area contributed by atoms with E-state index < -0.39 is 0 Å². The maximum atomic E-state index is 6.09. The molecule has 0 aliphatic heterocycles. The fraction of sp³-hybridized carbons (Fsp3) is 0.444. The Bertz CT molecular complexity index is 294. The van der Waals surface area contributed by atoms with Crippen molar-refractivity contribution in [3.63, 3.8) is 0 Å². The van der Waals surface area contributed by atoms with Gasteiger partial charge in [-0.1, -0.05) is 11.6 Å². The first kappa shape index (κ1) is 8.02. The van der Waals surface area contributed by atoms with Crippen molar-refractivity contribution in [3.8, 4) is 0 Å². The van der Waals surface area contributed by atoms with Gasteiger partial charge in [0.15, 0.2) is 0 Å². The number of rotatable bonds is 1. The van der Waals surface area contributed by atoms with Crippen LogP contribution in [0.1, 0.15) is 24.8 Å². The molecule has 2 rings (SSSR count). The Morgan fingerprint density at radius 1 is 1.42 bits per heavy atom. The lowest BCUT2D eigenvalue weighted by molar-refractivity contribution is 0.253. The average molecular weight is 183 g/mol. The molecule has 1 heterocycles. The van der Waals surface area contributed by atoms with Crippen LogP contribution in [0.4, 0.5) is 0 Å². The molecule has 3 heteroatoms. The van der Waals surface area contributed by atoms with E-state index in [0.29, 0.717) is 5.02 Å². The third-order valence-corrected chi connectivity index (χ3v) is 2.73. The van der Waals surface area contributed by atoms with Crippen LogP contribution in [0.2, 0.25) is 5.02 Å². The van der Waals surface area contributed by atoms with Crippen molar-refractivity contribution in [1.82, 2.24) is 4.98 Å². The van der Waals surface area contributed by atoms with E-state index in [0.717, 1.165) is 18.4 Å². The van der Waals surface area contributed by atoms with Gasteiger partial charge in [0, 0.05) is 17.9 Å². The van der Waals surface area contributed by atoms with Gasteiger partial charge in [0.1, 0.15) is 0 Å². The molecule has 1 fully saturated rings. The predicted molar refractivity (Wildman–Crippen MR) is 49.0 cm³/mol. The summed E-state index contributed by atoms with van der Waals surface area (Å²) < 4.78 is 0. The van der Waals surface area contributed by atoms with Crippen LogP contribution in [-0.4, -0.2) is 4.98 Å². The van der Waals surface area contributed by atoms with Crippen LogP contribution in [0.5, 0.6) is 0 Å². The molecule has 1 aliphatic rings. The molecule has 0 bridgehead atoms. The molecular formula is C9H11ClN2. The standard InChI is InChI=1S/C9H11ClN2/c10-8-4-7(5-12-6-8)9(11)2-1-3-9/h4-6H,1-3,11H2. The van der Waals surface area contributed by atoms with Gasteiger partial charge in [0.05, 0.1) is 5.02 Å². The Hall–Kier alpha value is -0.600. The lowest BCUT2D eigenvalue weighted by atomic mass is 9.73. The summed E-state index contributed by atoms with van der Waals surface area (Å²) in [5, 5.41) is 0.671. The summed E-state index contributed by atoms with van der Waals surface area (Å²) in [6, 6.07) is 1.91. The third-order valence-electron chi connectivity index (χ3n) is 2.53. The number of nitrogens with two attached hydrogens (primary N) is 1. The third kappa shape index (κ3) is 1.21. The maximum Gasteiger partial charge on any atom is 0.0592 e. The summed E-state index contributed by atoms with van der Waals surface area (Å²) in [5.74, 6) is 0. The van der Waals surface area contributed by atoms with E-state index in [1.165, 1.54) is 6.42 Å². The van der Waals surface area contributed by atoms with Gasteiger partial charge in [-0.25, -0.2) is 0 Å². The van der Waals surface area contributed by atoms with Crippen molar-refractivity contribution in [2.75, 3.05) is 0 Å². The molecule has 0 atom stereocenters. The summed E-state index contributed by atoms with van der Waals surface area (Å²) in [4.78, 5) is 4.02. The van der Waals surface area contributed by atoms with Crippen molar-refractivity contribution in [1.29, 1.82) is 0 Å². The second-order valence-electron chi connectivity index (χ2n) is 3.40. The Kier molecular flexibility index (Phi) is 1.81. The lowest BCUT2D eigenvalue weighted by Crippen LogP contribution is -2.43. The van der Waals surface area contributed by atoms with E-state index in [4.69, 9.17) is 17.3 Å². The molecule has 1 aromatic rings.